The van der Waals surface area contributed by atoms with Crippen LogP contribution in [0.15, 0.2) is 68.5 Å². The van der Waals surface area contributed by atoms with Crippen LogP contribution in [-0.2, 0) is 22.4 Å². The number of fused-ring (bicyclic) bond motifs is 2. The zero-order valence-corrected chi connectivity index (χ0v) is 24.8. The van der Waals surface area contributed by atoms with E-state index in [1.165, 1.54) is 39.0 Å². The molecule has 1 amide bonds. The highest BCUT2D eigenvalue weighted by Gasteiger charge is 2.27. The van der Waals surface area contributed by atoms with E-state index in [9.17, 15) is 14.4 Å². The molecule has 11 heteroatoms. The first kappa shape index (κ1) is 27.5. The van der Waals surface area contributed by atoms with Crippen molar-refractivity contribution in [3.8, 4) is 17.0 Å². The molecule has 0 saturated heterocycles. The number of thiophene rings is 2. The van der Waals surface area contributed by atoms with Crippen LogP contribution in [0.2, 0.25) is 0 Å². The van der Waals surface area contributed by atoms with Gasteiger partial charge in [0.1, 0.15) is 15.6 Å². The molecule has 0 aliphatic heterocycles. The maximum Gasteiger partial charge on any atom is 0.341 e. The lowest BCUT2D eigenvalue weighted by Gasteiger charge is -2.12. The van der Waals surface area contributed by atoms with Gasteiger partial charge in [0, 0.05) is 15.8 Å². The van der Waals surface area contributed by atoms with Crippen molar-refractivity contribution >= 4 is 61.5 Å². The molecule has 0 atom stereocenters. The fourth-order valence-electron chi connectivity index (χ4n) is 5.03. The summed E-state index contributed by atoms with van der Waals surface area (Å²) in [5.74, 6) is -0.0777. The summed E-state index contributed by atoms with van der Waals surface area (Å²) in [5.41, 5.74) is 2.60. The van der Waals surface area contributed by atoms with Crippen molar-refractivity contribution in [3.05, 3.63) is 80.5 Å². The highest BCUT2D eigenvalue weighted by molar-refractivity contribution is 7.99. The first-order valence-electron chi connectivity index (χ1n) is 13.4. The van der Waals surface area contributed by atoms with Gasteiger partial charge in [-0.05, 0) is 62.4 Å². The Morgan fingerprint density at radius 3 is 2.73 bits per heavy atom. The maximum absolute atomic E-state index is 13.9. The minimum Gasteiger partial charge on any atom is -0.464 e. The summed E-state index contributed by atoms with van der Waals surface area (Å²) in [7, 11) is 0. The van der Waals surface area contributed by atoms with Crippen molar-refractivity contribution < 1.29 is 18.7 Å². The monoisotopic (exact) mass is 605 g/mol. The van der Waals surface area contributed by atoms with Crippen molar-refractivity contribution in [3.63, 3.8) is 0 Å². The Bertz CT molecular complexity index is 1770. The summed E-state index contributed by atoms with van der Waals surface area (Å²) in [5, 5.41) is 6.25. The van der Waals surface area contributed by atoms with Gasteiger partial charge in [0.05, 0.1) is 35.3 Å². The number of aryl methyl sites for hydroxylation is 1. The number of nitrogens with zero attached hydrogens (tertiary/aromatic N) is 2. The quantitative estimate of drug-likeness (QED) is 0.0884. The van der Waals surface area contributed by atoms with Gasteiger partial charge in [-0.15, -0.1) is 22.7 Å². The van der Waals surface area contributed by atoms with E-state index in [-0.39, 0.29) is 23.8 Å². The van der Waals surface area contributed by atoms with Crippen LogP contribution in [-0.4, -0.2) is 33.8 Å². The first-order valence-corrected chi connectivity index (χ1v) is 16.1. The molecule has 5 aromatic rings. The second-order valence-electron chi connectivity index (χ2n) is 9.50. The number of esters is 1. The number of furan rings is 1. The number of hydrogen-bond donors (Lipinski definition) is 1. The highest BCUT2D eigenvalue weighted by Crippen LogP contribution is 2.38. The van der Waals surface area contributed by atoms with Gasteiger partial charge in [0.15, 0.2) is 5.16 Å². The van der Waals surface area contributed by atoms with Crippen molar-refractivity contribution in [2.24, 2.45) is 0 Å². The molecule has 210 valence electrons. The van der Waals surface area contributed by atoms with Crippen molar-refractivity contribution in [1.82, 2.24) is 9.55 Å². The topological polar surface area (TPSA) is 103 Å². The third-order valence-electron chi connectivity index (χ3n) is 6.86. The Morgan fingerprint density at radius 2 is 1.95 bits per heavy atom. The number of aromatic nitrogens is 2. The molecule has 0 bridgehead atoms. The number of ether oxygens (including phenoxy) is 1. The molecule has 1 aromatic carbocycles. The molecule has 0 fully saturated rings. The molecule has 0 spiro atoms. The zero-order chi connectivity index (χ0) is 28.3. The van der Waals surface area contributed by atoms with Gasteiger partial charge in [0.2, 0.25) is 5.91 Å². The van der Waals surface area contributed by atoms with Crippen LogP contribution in [0, 0.1) is 0 Å². The molecule has 0 unspecified atom stereocenters. The predicted octanol–water partition coefficient (Wildman–Crippen LogP) is 6.95. The average molecular weight is 606 g/mol. The number of benzene rings is 1. The third-order valence-corrected chi connectivity index (χ3v) is 9.88. The summed E-state index contributed by atoms with van der Waals surface area (Å²) >= 11 is 4.00. The standard InChI is InChI=1S/C30H27N3O5S3/c1-2-37-29(36)25-19-12-7-4-8-14-22(19)41-27(25)31-23(34)17-40-30-32-26-24(20(16-39-26)21-13-9-15-38-21)28(35)33(30)18-10-5-3-6-11-18/h3,5-6,9-11,13,15-16H,2,4,7-8,12,14,17H2,1H3,(H,31,34). The van der Waals surface area contributed by atoms with Gasteiger partial charge >= 0.3 is 5.97 Å². The van der Waals surface area contributed by atoms with E-state index in [0.717, 1.165) is 42.5 Å². The lowest BCUT2D eigenvalue weighted by Crippen LogP contribution is -2.23. The summed E-state index contributed by atoms with van der Waals surface area (Å²) in [6.45, 7) is 2.04. The molecule has 0 radical (unpaired) electrons. The second kappa shape index (κ2) is 12.1. The normalized spacial score (nSPS) is 13.1. The molecule has 1 N–H and O–H groups in total. The van der Waals surface area contributed by atoms with Gasteiger partial charge in [-0.25, -0.2) is 9.78 Å². The molecule has 8 nitrogen and oxygen atoms in total. The lowest BCUT2D eigenvalue weighted by atomic mass is 10.1. The molecule has 41 heavy (non-hydrogen) atoms. The molecule has 4 heterocycles. The van der Waals surface area contributed by atoms with E-state index in [2.05, 4.69) is 5.32 Å². The summed E-state index contributed by atoms with van der Waals surface area (Å²) < 4.78 is 12.5. The summed E-state index contributed by atoms with van der Waals surface area (Å²) in [6.07, 6.45) is 6.46. The SMILES string of the molecule is CCOC(=O)c1c(NC(=O)CSc2nc3scc(-c4ccco4)c3c(=O)n2-c2ccccc2)sc2c1CCCCC2. The van der Waals surface area contributed by atoms with Gasteiger partial charge in [-0.2, -0.15) is 0 Å². The molecule has 4 aromatic heterocycles. The number of para-hydroxylation sites is 1. The van der Waals surface area contributed by atoms with E-state index >= 15 is 0 Å². The van der Waals surface area contributed by atoms with Gasteiger partial charge in [-0.1, -0.05) is 36.4 Å². The predicted molar refractivity (Wildman–Crippen MR) is 164 cm³/mol. The Kier molecular flexibility index (Phi) is 8.09. The van der Waals surface area contributed by atoms with Crippen LogP contribution in [0.4, 0.5) is 5.00 Å². The Balaban J connectivity index is 1.31. The van der Waals surface area contributed by atoms with Gasteiger partial charge < -0.3 is 14.5 Å². The molecule has 1 aliphatic carbocycles. The molecule has 0 saturated carbocycles. The Hall–Kier alpha value is -3.67. The van der Waals surface area contributed by atoms with E-state index in [1.54, 1.807) is 19.3 Å². The van der Waals surface area contributed by atoms with E-state index in [4.69, 9.17) is 14.1 Å². The number of rotatable bonds is 8. The number of thioether (sulfide) groups is 1. The number of anilines is 1. The van der Waals surface area contributed by atoms with Crippen molar-refractivity contribution in [2.45, 2.75) is 44.2 Å². The minimum atomic E-state index is -0.398. The Labute approximate surface area is 248 Å². The highest BCUT2D eigenvalue weighted by atomic mass is 32.2. The van der Waals surface area contributed by atoms with Crippen LogP contribution in [0.25, 0.3) is 27.2 Å². The van der Waals surface area contributed by atoms with E-state index in [0.29, 0.717) is 42.9 Å². The van der Waals surface area contributed by atoms with Crippen LogP contribution in [0.3, 0.4) is 0 Å². The molecular formula is C30H27N3O5S3. The average Bonchev–Trinajstić information content (AvgIpc) is 3.69. The fourth-order valence-corrected chi connectivity index (χ4v) is 8.10. The van der Waals surface area contributed by atoms with E-state index < -0.39 is 5.97 Å². The van der Waals surface area contributed by atoms with Crippen molar-refractivity contribution in [1.29, 1.82) is 0 Å². The number of hydrogen-bond acceptors (Lipinski definition) is 9. The Morgan fingerprint density at radius 1 is 1.12 bits per heavy atom. The van der Waals surface area contributed by atoms with Crippen LogP contribution < -0.4 is 10.9 Å². The number of carbonyl (C=O) groups excluding carboxylic acids is 2. The molecular weight excluding hydrogens is 579 g/mol. The van der Waals surface area contributed by atoms with Crippen LogP contribution in [0.5, 0.6) is 0 Å². The third kappa shape index (κ3) is 5.49. The molecule has 1 aliphatic rings. The van der Waals surface area contributed by atoms with E-state index in [1.807, 2.05) is 41.8 Å². The van der Waals surface area contributed by atoms with Gasteiger partial charge in [0.25, 0.3) is 5.56 Å². The number of amides is 1. The number of carbonyl (C=O) groups is 2. The van der Waals surface area contributed by atoms with Crippen molar-refractivity contribution in [2.75, 3.05) is 17.7 Å². The lowest BCUT2D eigenvalue weighted by molar-refractivity contribution is -0.113. The summed E-state index contributed by atoms with van der Waals surface area (Å²) in [4.78, 5) is 46.6. The second-order valence-corrected chi connectivity index (χ2v) is 12.4. The zero-order valence-electron chi connectivity index (χ0n) is 22.3. The van der Waals surface area contributed by atoms with Gasteiger partial charge in [-0.3, -0.25) is 14.2 Å². The van der Waals surface area contributed by atoms with Crippen LogP contribution in [0.1, 0.15) is 47.0 Å². The smallest absolute Gasteiger partial charge is 0.341 e. The largest absolute Gasteiger partial charge is 0.464 e. The van der Waals surface area contributed by atoms with Crippen LogP contribution >= 0.6 is 34.4 Å². The molecule has 6 rings (SSSR count). The summed E-state index contributed by atoms with van der Waals surface area (Å²) in [6, 6.07) is 12.9. The fraction of sp³-hybridized carbons (Fsp3) is 0.267. The first-order chi connectivity index (χ1) is 20.0. The minimum absolute atomic E-state index is 0.00598. The maximum atomic E-state index is 13.9. The number of nitrogens with one attached hydrogen (secondary N) is 1.